The number of pyridine rings is 2. The Hall–Kier alpha value is -5.01. The van der Waals surface area contributed by atoms with E-state index < -0.39 is 53.1 Å². The minimum absolute atomic E-state index is 0.101. The van der Waals surface area contributed by atoms with Crippen LogP contribution in [0.3, 0.4) is 0 Å². The van der Waals surface area contributed by atoms with Gasteiger partial charge in [-0.3, -0.25) is 19.7 Å². The summed E-state index contributed by atoms with van der Waals surface area (Å²) in [5.41, 5.74) is 4.11. The Morgan fingerprint density at radius 2 is 1.77 bits per heavy atom. The van der Waals surface area contributed by atoms with E-state index in [-0.39, 0.29) is 48.7 Å². The maximum absolute atomic E-state index is 15.4. The number of amides is 2. The number of nitrogens with zero attached hydrogens (tertiary/aromatic N) is 4. The highest BCUT2D eigenvalue weighted by molar-refractivity contribution is 6.30. The van der Waals surface area contributed by atoms with Gasteiger partial charge in [-0.1, -0.05) is 17.7 Å². The molecule has 1 aliphatic rings. The Morgan fingerprint density at radius 3 is 2.51 bits per heavy atom. The summed E-state index contributed by atoms with van der Waals surface area (Å²) in [5.74, 6) is -2.74. The van der Waals surface area contributed by atoms with Crippen LogP contribution in [0.5, 0.6) is 0 Å². The largest absolute Gasteiger partial charge is 0.444 e. The first kappa shape index (κ1) is 37.7. The van der Waals surface area contributed by atoms with Crippen LogP contribution in [0.1, 0.15) is 79.2 Å². The highest BCUT2D eigenvalue weighted by Crippen LogP contribution is 2.33. The number of aromatic nitrogens is 4. The van der Waals surface area contributed by atoms with Crippen molar-refractivity contribution in [3.05, 3.63) is 117 Å². The maximum Gasteiger partial charge on any atom is 0.411 e. The molecule has 0 radical (unpaired) electrons. The van der Waals surface area contributed by atoms with Crippen molar-refractivity contribution >= 4 is 40.3 Å². The number of rotatable bonds is 9. The van der Waals surface area contributed by atoms with E-state index in [1.165, 1.54) is 30.6 Å². The van der Waals surface area contributed by atoms with Gasteiger partial charge in [0.2, 0.25) is 5.91 Å². The number of benzene rings is 2. The molecule has 6 rings (SSSR count). The number of fused-ring (bicyclic) bond motifs is 1. The first-order valence-corrected chi connectivity index (χ1v) is 17.6. The lowest BCUT2D eigenvalue weighted by Gasteiger charge is -2.39. The van der Waals surface area contributed by atoms with Crippen LogP contribution in [0.15, 0.2) is 61.2 Å². The summed E-state index contributed by atoms with van der Waals surface area (Å²) in [6.07, 6.45) is 3.95. The highest BCUT2D eigenvalue weighted by Gasteiger charge is 2.38. The summed E-state index contributed by atoms with van der Waals surface area (Å²) in [4.78, 5) is 44.6. The van der Waals surface area contributed by atoms with Crippen LogP contribution in [-0.4, -0.2) is 61.7 Å². The average molecular weight is 749 g/mol. The first-order chi connectivity index (χ1) is 25.1. The SMILES string of the molecule is Cc1cc2nc([C@H]3CO[C@H](CCc4c(F)cncc4NC(=O)C[C@H](c4cncc(F)c4)c4ccc(Cl)c(F)c4)CN3C(=O)OC(C)(C)C)[nH]c2cc1C. The number of H-pyrrole nitrogens is 1. The molecule has 1 saturated heterocycles. The van der Waals surface area contributed by atoms with Crippen molar-refractivity contribution in [2.45, 2.75) is 77.5 Å². The van der Waals surface area contributed by atoms with Crippen molar-refractivity contribution in [1.82, 2.24) is 24.8 Å². The first-order valence-electron chi connectivity index (χ1n) is 17.2. The number of hydrogen-bond acceptors (Lipinski definition) is 7. The van der Waals surface area contributed by atoms with Gasteiger partial charge in [-0.2, -0.15) is 0 Å². The van der Waals surface area contributed by atoms with E-state index in [1.54, 1.807) is 31.7 Å². The lowest BCUT2D eigenvalue weighted by molar-refractivity contribution is -0.116. The Kier molecular flexibility index (Phi) is 11.1. The van der Waals surface area contributed by atoms with Crippen molar-refractivity contribution < 1.29 is 32.2 Å². The second-order valence-electron chi connectivity index (χ2n) is 14.3. The topological polar surface area (TPSA) is 122 Å². The van der Waals surface area contributed by atoms with Gasteiger partial charge in [0, 0.05) is 24.1 Å². The predicted octanol–water partition coefficient (Wildman–Crippen LogP) is 8.51. The molecule has 0 aliphatic carbocycles. The van der Waals surface area contributed by atoms with Gasteiger partial charge in [0.05, 0.1) is 59.6 Å². The smallest absolute Gasteiger partial charge is 0.411 e. The summed E-state index contributed by atoms with van der Waals surface area (Å²) in [6, 6.07) is 8.76. The van der Waals surface area contributed by atoms with Crippen molar-refractivity contribution in [3.8, 4) is 0 Å². The molecule has 10 nitrogen and oxygen atoms in total. The van der Waals surface area contributed by atoms with Crippen LogP contribution in [0.25, 0.3) is 11.0 Å². The van der Waals surface area contributed by atoms with Crippen LogP contribution in [0.4, 0.5) is 23.7 Å². The minimum atomic E-state index is -0.794. The molecule has 278 valence electrons. The molecule has 1 fully saturated rings. The fourth-order valence-electron chi connectivity index (χ4n) is 6.38. The summed E-state index contributed by atoms with van der Waals surface area (Å²) in [7, 11) is 0. The number of ether oxygens (including phenoxy) is 2. The molecule has 5 aromatic rings. The summed E-state index contributed by atoms with van der Waals surface area (Å²) < 4.78 is 56.0. The van der Waals surface area contributed by atoms with Gasteiger partial charge in [-0.05, 0) is 100 Å². The van der Waals surface area contributed by atoms with E-state index in [2.05, 4.69) is 20.3 Å². The number of hydrogen-bond donors (Lipinski definition) is 2. The Bertz CT molecular complexity index is 2120. The second kappa shape index (κ2) is 15.5. The Balaban J connectivity index is 1.19. The summed E-state index contributed by atoms with van der Waals surface area (Å²) in [6.45, 7) is 9.66. The Labute approximate surface area is 310 Å². The number of halogens is 4. The van der Waals surface area contributed by atoms with Gasteiger partial charge in [0.15, 0.2) is 0 Å². The number of aryl methyl sites for hydroxylation is 2. The second-order valence-corrected chi connectivity index (χ2v) is 14.7. The number of morpholine rings is 1. The number of carbonyl (C=O) groups excluding carboxylic acids is 2. The van der Waals surface area contributed by atoms with Crippen LogP contribution in [-0.2, 0) is 20.7 Å². The normalized spacial score (nSPS) is 16.8. The third kappa shape index (κ3) is 8.97. The van der Waals surface area contributed by atoms with Crippen molar-refractivity contribution in [1.29, 1.82) is 0 Å². The van der Waals surface area contributed by atoms with E-state index in [0.29, 0.717) is 17.0 Å². The van der Waals surface area contributed by atoms with Crippen molar-refractivity contribution in [2.24, 2.45) is 0 Å². The number of carbonyl (C=O) groups is 2. The van der Waals surface area contributed by atoms with Crippen LogP contribution in [0.2, 0.25) is 5.02 Å². The fraction of sp³-hybridized carbons (Fsp3) is 0.359. The molecule has 2 amide bonds. The van der Waals surface area contributed by atoms with Gasteiger partial charge in [-0.15, -0.1) is 0 Å². The van der Waals surface area contributed by atoms with Gasteiger partial charge in [0.1, 0.15) is 34.9 Å². The van der Waals surface area contributed by atoms with Crippen LogP contribution in [0, 0.1) is 31.3 Å². The Morgan fingerprint density at radius 1 is 1.02 bits per heavy atom. The van der Waals surface area contributed by atoms with Crippen LogP contribution >= 0.6 is 11.6 Å². The zero-order valence-electron chi connectivity index (χ0n) is 30.0. The molecule has 4 heterocycles. The minimum Gasteiger partial charge on any atom is -0.444 e. The molecule has 3 aromatic heterocycles. The zero-order chi connectivity index (χ0) is 38.0. The lowest BCUT2D eigenvalue weighted by Crippen LogP contribution is -2.49. The molecular weight excluding hydrogens is 709 g/mol. The van der Waals surface area contributed by atoms with Gasteiger partial charge >= 0.3 is 6.09 Å². The standard InChI is InChI=1S/C39H40ClF3N6O4/c1-21-10-32-33(11-22(21)2)48-37(47-32)35-20-52-26(19-49(35)38(51)53-39(3,4)5)7-8-27-31(43)17-45-18-34(27)46-36(50)14-28(24-12-25(41)16-44-15-24)23-6-9-29(40)30(42)13-23/h6,9-13,15-18,26,28,35H,7-8,14,19-20H2,1-5H3,(H,46,50)(H,47,48)/t26-,28+,35-/m1/s1. The third-order valence-corrected chi connectivity index (χ3v) is 9.49. The number of nitrogens with one attached hydrogen (secondary N) is 2. The van der Waals surface area contributed by atoms with Crippen molar-refractivity contribution in [2.75, 3.05) is 18.5 Å². The van der Waals surface area contributed by atoms with E-state index in [9.17, 15) is 18.4 Å². The molecule has 1 aliphatic heterocycles. The molecule has 0 unspecified atom stereocenters. The molecule has 0 spiro atoms. The lowest BCUT2D eigenvalue weighted by atomic mass is 9.89. The van der Waals surface area contributed by atoms with Gasteiger partial charge in [0.25, 0.3) is 0 Å². The number of aromatic amines is 1. The third-order valence-electron chi connectivity index (χ3n) is 9.18. The molecule has 2 N–H and O–H groups in total. The summed E-state index contributed by atoms with van der Waals surface area (Å²) >= 11 is 5.89. The molecule has 14 heteroatoms. The van der Waals surface area contributed by atoms with E-state index in [4.69, 9.17) is 26.1 Å². The monoisotopic (exact) mass is 748 g/mol. The highest BCUT2D eigenvalue weighted by atomic mass is 35.5. The average Bonchev–Trinajstić information content (AvgIpc) is 3.49. The van der Waals surface area contributed by atoms with Gasteiger partial charge < -0.3 is 19.8 Å². The van der Waals surface area contributed by atoms with E-state index in [1.807, 2.05) is 26.0 Å². The molecule has 53 heavy (non-hydrogen) atoms. The predicted molar refractivity (Wildman–Crippen MR) is 194 cm³/mol. The molecule has 0 bridgehead atoms. The molecule has 3 atom stereocenters. The quantitative estimate of drug-likeness (QED) is 0.155. The molecule has 0 saturated carbocycles. The maximum atomic E-state index is 15.4. The zero-order valence-corrected chi connectivity index (χ0v) is 30.7. The summed E-state index contributed by atoms with van der Waals surface area (Å²) in [5, 5.41) is 2.64. The molecular formula is C39H40ClF3N6O4. The number of imidazole rings is 1. The fourth-order valence-corrected chi connectivity index (χ4v) is 6.50. The van der Waals surface area contributed by atoms with Crippen molar-refractivity contribution in [3.63, 3.8) is 0 Å². The number of anilines is 1. The van der Waals surface area contributed by atoms with Crippen LogP contribution < -0.4 is 5.32 Å². The van der Waals surface area contributed by atoms with E-state index in [0.717, 1.165) is 34.6 Å². The molecule has 2 aromatic carbocycles. The van der Waals surface area contributed by atoms with Gasteiger partial charge in [-0.25, -0.2) is 22.9 Å². The van der Waals surface area contributed by atoms with E-state index >= 15 is 4.39 Å².